The van der Waals surface area contributed by atoms with Crippen LogP contribution < -0.4 is 4.90 Å². The number of carbonyl (C=O) groups excluding carboxylic acids is 1. The van der Waals surface area contributed by atoms with Crippen LogP contribution in [0.3, 0.4) is 0 Å². The van der Waals surface area contributed by atoms with E-state index in [0.717, 1.165) is 18.2 Å². The minimum atomic E-state index is -0.414. The Kier molecular flexibility index (Phi) is 3.25. The Labute approximate surface area is 141 Å². The van der Waals surface area contributed by atoms with Gasteiger partial charge in [0.15, 0.2) is 0 Å². The molecule has 8 heteroatoms. The summed E-state index contributed by atoms with van der Waals surface area (Å²) in [6.07, 6.45) is 0. The van der Waals surface area contributed by atoms with Gasteiger partial charge in [-0.05, 0) is 11.4 Å². The summed E-state index contributed by atoms with van der Waals surface area (Å²) < 4.78 is 13.7. The van der Waals surface area contributed by atoms with Gasteiger partial charge in [0.25, 0.3) is 5.91 Å². The highest BCUT2D eigenvalue weighted by molar-refractivity contribution is 7.13. The molecule has 2 aliphatic heterocycles. The molecule has 4 heterocycles. The predicted octanol–water partition coefficient (Wildman–Crippen LogP) is 2.73. The van der Waals surface area contributed by atoms with Crippen LogP contribution in [-0.4, -0.2) is 47.2 Å². The summed E-state index contributed by atoms with van der Waals surface area (Å²) in [7, 11) is 0. The number of rotatable bonds is 2. The second kappa shape index (κ2) is 4.98. The number of hydrogen-bond donors (Lipinski definition) is 0. The van der Waals surface area contributed by atoms with Crippen molar-refractivity contribution in [2.24, 2.45) is 10.8 Å². The van der Waals surface area contributed by atoms with Crippen LogP contribution in [0.2, 0.25) is 0 Å². The zero-order valence-electron chi connectivity index (χ0n) is 13.0. The van der Waals surface area contributed by atoms with Crippen molar-refractivity contribution < 1.29 is 9.18 Å². The van der Waals surface area contributed by atoms with E-state index in [2.05, 4.69) is 28.9 Å². The average molecular weight is 352 g/mol. The molecule has 122 valence electrons. The number of fused-ring (bicyclic) bond motifs is 1. The first-order valence-corrected chi connectivity index (χ1v) is 9.21. The molecule has 23 heavy (non-hydrogen) atoms. The number of amides is 1. The standard InChI is InChI=1S/C15H17FN4OS2/c1-14-5-19(12(21)11-10(16)3-4-22-11)6-15(14,2)8-20(7-14)13-18-17-9-23-13/h3-4,9H,5-8H2,1-2H3/t14-,15+. The fraction of sp³-hybridized carbons (Fsp3) is 0.533. The highest BCUT2D eigenvalue weighted by atomic mass is 32.1. The minimum Gasteiger partial charge on any atom is -0.345 e. The summed E-state index contributed by atoms with van der Waals surface area (Å²) in [4.78, 5) is 16.9. The number of halogens is 1. The molecule has 0 unspecified atom stereocenters. The molecule has 4 rings (SSSR count). The molecule has 2 fully saturated rings. The Morgan fingerprint density at radius 2 is 1.91 bits per heavy atom. The van der Waals surface area contributed by atoms with Crippen molar-refractivity contribution in [2.75, 3.05) is 31.1 Å². The predicted molar refractivity (Wildman–Crippen MR) is 88.5 cm³/mol. The summed E-state index contributed by atoms with van der Waals surface area (Å²) in [5.41, 5.74) is 1.69. The Bertz CT molecular complexity index is 729. The van der Waals surface area contributed by atoms with Crippen LogP contribution in [0, 0.1) is 16.6 Å². The van der Waals surface area contributed by atoms with Crippen molar-refractivity contribution in [3.05, 3.63) is 27.7 Å². The van der Waals surface area contributed by atoms with Crippen LogP contribution in [0.1, 0.15) is 23.5 Å². The van der Waals surface area contributed by atoms with Crippen LogP contribution in [0.4, 0.5) is 9.52 Å². The molecule has 2 aromatic heterocycles. The van der Waals surface area contributed by atoms with Crippen LogP contribution in [0.5, 0.6) is 0 Å². The molecular formula is C15H17FN4OS2. The molecule has 5 nitrogen and oxygen atoms in total. The molecule has 2 aliphatic rings. The van der Waals surface area contributed by atoms with E-state index >= 15 is 0 Å². The van der Waals surface area contributed by atoms with Crippen LogP contribution in [0.15, 0.2) is 17.0 Å². The molecule has 0 N–H and O–H groups in total. The molecule has 1 amide bonds. The molecule has 0 spiro atoms. The van der Waals surface area contributed by atoms with Crippen molar-refractivity contribution in [3.63, 3.8) is 0 Å². The maximum absolute atomic E-state index is 13.7. The summed E-state index contributed by atoms with van der Waals surface area (Å²) in [5, 5.41) is 10.6. The van der Waals surface area contributed by atoms with E-state index in [4.69, 9.17) is 0 Å². The number of thiophene rings is 1. The summed E-state index contributed by atoms with van der Waals surface area (Å²) in [6, 6.07) is 1.36. The first kappa shape index (κ1) is 15.0. The lowest BCUT2D eigenvalue weighted by molar-refractivity contribution is 0.0772. The van der Waals surface area contributed by atoms with Gasteiger partial charge in [0, 0.05) is 37.0 Å². The lowest BCUT2D eigenvalue weighted by atomic mass is 9.71. The van der Waals surface area contributed by atoms with Gasteiger partial charge in [0.05, 0.1) is 0 Å². The third-order valence-corrected chi connectivity index (χ3v) is 6.96. The minimum absolute atomic E-state index is 0.0257. The second-order valence-electron chi connectivity index (χ2n) is 6.96. The highest BCUT2D eigenvalue weighted by Crippen LogP contribution is 2.52. The molecule has 2 atom stereocenters. The van der Waals surface area contributed by atoms with Gasteiger partial charge in [0.1, 0.15) is 16.2 Å². The molecule has 0 saturated carbocycles. The van der Waals surface area contributed by atoms with Crippen molar-refractivity contribution in [1.29, 1.82) is 0 Å². The van der Waals surface area contributed by atoms with Gasteiger partial charge in [0.2, 0.25) is 5.13 Å². The fourth-order valence-electron chi connectivity index (χ4n) is 3.83. The topological polar surface area (TPSA) is 49.3 Å². The van der Waals surface area contributed by atoms with Crippen LogP contribution >= 0.6 is 22.7 Å². The Morgan fingerprint density at radius 3 is 2.43 bits per heavy atom. The first-order chi connectivity index (χ1) is 10.9. The quantitative estimate of drug-likeness (QED) is 0.834. The van der Waals surface area contributed by atoms with Gasteiger partial charge < -0.3 is 9.80 Å². The molecule has 0 bridgehead atoms. The lowest BCUT2D eigenvalue weighted by Crippen LogP contribution is -2.35. The molecule has 2 saturated heterocycles. The van der Waals surface area contributed by atoms with Crippen molar-refractivity contribution in [1.82, 2.24) is 15.1 Å². The number of carbonyl (C=O) groups is 1. The van der Waals surface area contributed by atoms with Gasteiger partial charge in [-0.25, -0.2) is 4.39 Å². The smallest absolute Gasteiger partial charge is 0.266 e. The van der Waals surface area contributed by atoms with E-state index < -0.39 is 5.82 Å². The monoisotopic (exact) mass is 352 g/mol. The molecule has 2 aromatic rings. The Hall–Kier alpha value is -1.54. The van der Waals surface area contributed by atoms with Gasteiger partial charge in [-0.1, -0.05) is 25.2 Å². The largest absolute Gasteiger partial charge is 0.345 e. The number of likely N-dealkylation sites (tertiary alicyclic amines) is 1. The third kappa shape index (κ3) is 2.19. The number of anilines is 1. The van der Waals surface area contributed by atoms with Crippen molar-refractivity contribution in [3.8, 4) is 0 Å². The van der Waals surface area contributed by atoms with E-state index in [1.807, 2.05) is 4.90 Å². The van der Waals surface area contributed by atoms with E-state index in [1.54, 1.807) is 10.9 Å². The van der Waals surface area contributed by atoms with Gasteiger partial charge in [-0.3, -0.25) is 4.79 Å². The number of aromatic nitrogens is 2. The molecule has 0 radical (unpaired) electrons. The van der Waals surface area contributed by atoms with E-state index in [1.165, 1.54) is 28.7 Å². The second-order valence-corrected chi connectivity index (χ2v) is 8.69. The van der Waals surface area contributed by atoms with E-state index in [-0.39, 0.29) is 21.6 Å². The van der Waals surface area contributed by atoms with Gasteiger partial charge in [-0.2, -0.15) is 0 Å². The Morgan fingerprint density at radius 1 is 1.22 bits per heavy atom. The van der Waals surface area contributed by atoms with E-state index in [0.29, 0.717) is 13.1 Å². The number of nitrogens with zero attached hydrogens (tertiary/aromatic N) is 4. The Balaban J connectivity index is 1.56. The van der Waals surface area contributed by atoms with Crippen LogP contribution in [-0.2, 0) is 0 Å². The normalized spacial score (nSPS) is 30.0. The van der Waals surface area contributed by atoms with Crippen molar-refractivity contribution >= 4 is 33.7 Å². The first-order valence-electron chi connectivity index (χ1n) is 7.45. The average Bonchev–Trinajstić information content (AvgIpc) is 3.21. The van der Waals surface area contributed by atoms with Crippen molar-refractivity contribution in [2.45, 2.75) is 13.8 Å². The zero-order chi connectivity index (χ0) is 16.2. The molecular weight excluding hydrogens is 335 g/mol. The number of hydrogen-bond acceptors (Lipinski definition) is 6. The molecule has 0 aromatic carbocycles. The third-order valence-electron chi connectivity index (χ3n) is 5.33. The summed E-state index contributed by atoms with van der Waals surface area (Å²) >= 11 is 2.71. The van der Waals surface area contributed by atoms with Gasteiger partial charge >= 0.3 is 0 Å². The van der Waals surface area contributed by atoms with Gasteiger partial charge in [-0.15, -0.1) is 21.5 Å². The summed E-state index contributed by atoms with van der Waals surface area (Å²) in [5.74, 6) is -0.598. The maximum Gasteiger partial charge on any atom is 0.266 e. The van der Waals surface area contributed by atoms with Crippen LogP contribution in [0.25, 0.3) is 0 Å². The lowest BCUT2D eigenvalue weighted by Gasteiger charge is -2.29. The SMILES string of the molecule is C[C@@]12CN(C(=O)c3sccc3F)C[C@]1(C)CN(c1nncs1)C2. The fourth-order valence-corrected chi connectivity index (χ4v) is 5.13. The molecule has 0 aliphatic carbocycles. The van der Waals surface area contributed by atoms with E-state index in [9.17, 15) is 9.18 Å². The maximum atomic E-state index is 13.7. The highest BCUT2D eigenvalue weighted by Gasteiger charge is 2.59. The summed E-state index contributed by atoms with van der Waals surface area (Å²) in [6.45, 7) is 7.41. The zero-order valence-corrected chi connectivity index (χ0v) is 14.6.